The van der Waals surface area contributed by atoms with Crippen molar-refractivity contribution in [3.8, 4) is 0 Å². The summed E-state index contributed by atoms with van der Waals surface area (Å²) in [6.07, 6.45) is 1.97. The van der Waals surface area contributed by atoms with Crippen LogP contribution in [-0.4, -0.2) is 31.0 Å². The van der Waals surface area contributed by atoms with E-state index in [9.17, 15) is 8.42 Å². The molecule has 1 aromatic heterocycles. The summed E-state index contributed by atoms with van der Waals surface area (Å²) in [7, 11) is -2.92. The molecule has 0 bridgehead atoms. The van der Waals surface area contributed by atoms with E-state index in [1.165, 1.54) is 5.56 Å². The predicted octanol–water partition coefficient (Wildman–Crippen LogP) is 2.19. The second-order valence-corrected chi connectivity index (χ2v) is 7.39. The minimum atomic E-state index is -2.92. The van der Waals surface area contributed by atoms with Crippen molar-refractivity contribution in [2.75, 3.05) is 18.1 Å². The highest BCUT2D eigenvalue weighted by atomic mass is 32.2. The summed E-state index contributed by atoms with van der Waals surface area (Å²) in [4.78, 5) is 0. The number of hydrogen-bond donors (Lipinski definition) is 1. The quantitative estimate of drug-likeness (QED) is 0.851. The summed E-state index contributed by atoms with van der Waals surface area (Å²) in [6.45, 7) is 6.11. The number of nitrogens with one attached hydrogen (secondary N) is 1. The number of fused-ring (bicyclic) bond motifs is 1. The van der Waals surface area contributed by atoms with E-state index in [4.69, 9.17) is 0 Å². The molecule has 0 fully saturated rings. The normalized spacial score (nSPS) is 12.1. The maximum atomic E-state index is 11.6. The first-order valence-electron chi connectivity index (χ1n) is 7.04. The topological polar surface area (TPSA) is 51.1 Å². The van der Waals surface area contributed by atoms with Crippen LogP contribution in [-0.2, 0) is 22.9 Å². The van der Waals surface area contributed by atoms with Crippen molar-refractivity contribution in [2.45, 2.75) is 26.9 Å². The SMILES string of the molecule is CCNCc1ccc2c(ccn2CCS(=O)(=O)CC)c1. The molecule has 110 valence electrons. The number of aromatic nitrogens is 1. The summed E-state index contributed by atoms with van der Waals surface area (Å²) in [6, 6.07) is 8.36. The molecular formula is C15H22N2O2S. The lowest BCUT2D eigenvalue weighted by Gasteiger charge is -2.07. The monoisotopic (exact) mass is 294 g/mol. The smallest absolute Gasteiger partial charge is 0.151 e. The molecule has 0 amide bonds. The van der Waals surface area contributed by atoms with E-state index in [1.54, 1.807) is 6.92 Å². The van der Waals surface area contributed by atoms with Gasteiger partial charge in [0.25, 0.3) is 0 Å². The average molecular weight is 294 g/mol. The Morgan fingerprint density at radius 3 is 2.70 bits per heavy atom. The van der Waals surface area contributed by atoms with Crippen LogP contribution in [0, 0.1) is 0 Å². The summed E-state index contributed by atoms with van der Waals surface area (Å²) < 4.78 is 25.2. The molecule has 0 spiro atoms. The fourth-order valence-electron chi connectivity index (χ4n) is 2.21. The van der Waals surface area contributed by atoms with E-state index in [-0.39, 0.29) is 11.5 Å². The van der Waals surface area contributed by atoms with Gasteiger partial charge in [-0.25, -0.2) is 8.42 Å². The molecule has 1 aromatic carbocycles. The van der Waals surface area contributed by atoms with Gasteiger partial charge in [-0.05, 0) is 35.7 Å². The van der Waals surface area contributed by atoms with Gasteiger partial charge in [0, 0.05) is 30.6 Å². The summed E-state index contributed by atoms with van der Waals surface area (Å²) in [5.74, 6) is 0.408. The fraction of sp³-hybridized carbons (Fsp3) is 0.467. The maximum absolute atomic E-state index is 11.6. The van der Waals surface area contributed by atoms with Gasteiger partial charge in [-0.15, -0.1) is 0 Å². The Balaban J connectivity index is 2.16. The van der Waals surface area contributed by atoms with E-state index in [0.29, 0.717) is 6.54 Å². The van der Waals surface area contributed by atoms with Crippen molar-refractivity contribution in [3.05, 3.63) is 36.0 Å². The van der Waals surface area contributed by atoms with Gasteiger partial charge in [-0.3, -0.25) is 0 Å². The molecule has 0 saturated heterocycles. The molecule has 0 aliphatic carbocycles. The number of benzene rings is 1. The van der Waals surface area contributed by atoms with Crippen LogP contribution in [0.4, 0.5) is 0 Å². The highest BCUT2D eigenvalue weighted by Crippen LogP contribution is 2.18. The van der Waals surface area contributed by atoms with Gasteiger partial charge in [-0.2, -0.15) is 0 Å². The van der Waals surface area contributed by atoms with Crippen molar-refractivity contribution in [3.63, 3.8) is 0 Å². The van der Waals surface area contributed by atoms with Crippen LogP contribution in [0.3, 0.4) is 0 Å². The molecule has 0 radical (unpaired) electrons. The van der Waals surface area contributed by atoms with Gasteiger partial charge in [0.15, 0.2) is 9.84 Å². The number of hydrogen-bond acceptors (Lipinski definition) is 3. The second kappa shape index (κ2) is 6.41. The largest absolute Gasteiger partial charge is 0.346 e. The zero-order valence-electron chi connectivity index (χ0n) is 12.1. The van der Waals surface area contributed by atoms with Gasteiger partial charge < -0.3 is 9.88 Å². The van der Waals surface area contributed by atoms with Gasteiger partial charge in [-0.1, -0.05) is 19.9 Å². The van der Waals surface area contributed by atoms with Crippen LogP contribution in [0.15, 0.2) is 30.5 Å². The number of aryl methyl sites for hydroxylation is 1. The zero-order valence-corrected chi connectivity index (χ0v) is 12.9. The average Bonchev–Trinajstić information content (AvgIpc) is 2.85. The van der Waals surface area contributed by atoms with Crippen LogP contribution >= 0.6 is 0 Å². The second-order valence-electron chi connectivity index (χ2n) is 4.92. The molecular weight excluding hydrogens is 272 g/mol. The molecule has 0 aliphatic heterocycles. The van der Waals surface area contributed by atoms with E-state index < -0.39 is 9.84 Å². The highest BCUT2D eigenvalue weighted by molar-refractivity contribution is 7.91. The van der Waals surface area contributed by atoms with Crippen molar-refractivity contribution in [1.29, 1.82) is 0 Å². The first-order valence-corrected chi connectivity index (χ1v) is 8.87. The first-order chi connectivity index (χ1) is 9.55. The van der Waals surface area contributed by atoms with Crippen LogP contribution in [0.1, 0.15) is 19.4 Å². The van der Waals surface area contributed by atoms with Crippen LogP contribution in [0.2, 0.25) is 0 Å². The van der Waals surface area contributed by atoms with Crippen molar-refractivity contribution in [1.82, 2.24) is 9.88 Å². The van der Waals surface area contributed by atoms with Gasteiger partial charge >= 0.3 is 0 Å². The molecule has 5 heteroatoms. The van der Waals surface area contributed by atoms with Crippen molar-refractivity contribution < 1.29 is 8.42 Å². The maximum Gasteiger partial charge on any atom is 0.151 e. The summed E-state index contributed by atoms with van der Waals surface area (Å²) >= 11 is 0. The highest BCUT2D eigenvalue weighted by Gasteiger charge is 2.09. The summed E-state index contributed by atoms with van der Waals surface area (Å²) in [5.41, 5.74) is 2.34. The molecule has 0 atom stereocenters. The first kappa shape index (κ1) is 15.1. The molecule has 2 aromatic rings. The van der Waals surface area contributed by atoms with Gasteiger partial charge in [0.1, 0.15) is 0 Å². The Morgan fingerprint density at radius 1 is 1.20 bits per heavy atom. The Morgan fingerprint density at radius 2 is 2.00 bits per heavy atom. The Hall–Kier alpha value is -1.33. The zero-order chi connectivity index (χ0) is 14.6. The molecule has 1 N–H and O–H groups in total. The number of nitrogens with zero attached hydrogens (tertiary/aromatic N) is 1. The van der Waals surface area contributed by atoms with Crippen LogP contribution in [0.25, 0.3) is 10.9 Å². The lowest BCUT2D eigenvalue weighted by molar-refractivity contribution is 0.591. The third-order valence-corrected chi connectivity index (χ3v) is 5.18. The van der Waals surface area contributed by atoms with E-state index in [2.05, 4.69) is 30.4 Å². The molecule has 0 unspecified atom stereocenters. The molecule has 4 nitrogen and oxygen atoms in total. The van der Waals surface area contributed by atoms with Crippen LogP contribution < -0.4 is 5.32 Å². The van der Waals surface area contributed by atoms with Crippen LogP contribution in [0.5, 0.6) is 0 Å². The van der Waals surface area contributed by atoms with Crippen molar-refractivity contribution >= 4 is 20.7 Å². The molecule has 2 rings (SSSR count). The van der Waals surface area contributed by atoms with E-state index >= 15 is 0 Å². The third-order valence-electron chi connectivity index (χ3n) is 3.50. The van der Waals surface area contributed by atoms with E-state index in [1.807, 2.05) is 16.8 Å². The molecule has 1 heterocycles. The number of rotatable bonds is 7. The Bertz CT molecular complexity index is 674. The lowest BCUT2D eigenvalue weighted by Crippen LogP contribution is -2.14. The fourth-order valence-corrected chi connectivity index (χ4v) is 2.97. The standard InChI is InChI=1S/C15H22N2O2S/c1-3-16-12-13-5-6-15-14(11-13)7-8-17(15)9-10-20(18,19)4-2/h5-8,11,16H,3-4,9-10,12H2,1-2H3. The lowest BCUT2D eigenvalue weighted by atomic mass is 10.1. The molecule has 0 aliphatic rings. The van der Waals surface area contributed by atoms with E-state index in [0.717, 1.165) is 24.0 Å². The molecule has 0 saturated carbocycles. The Kier molecular flexibility index (Phi) is 4.83. The summed E-state index contributed by atoms with van der Waals surface area (Å²) in [5, 5.41) is 4.46. The minimum Gasteiger partial charge on any atom is -0.346 e. The third kappa shape index (κ3) is 3.61. The van der Waals surface area contributed by atoms with Gasteiger partial charge in [0.05, 0.1) is 5.75 Å². The number of sulfone groups is 1. The molecule has 20 heavy (non-hydrogen) atoms. The minimum absolute atomic E-state index is 0.201. The van der Waals surface area contributed by atoms with Crippen molar-refractivity contribution in [2.24, 2.45) is 0 Å². The Labute approximate surface area is 120 Å². The van der Waals surface area contributed by atoms with Gasteiger partial charge in [0.2, 0.25) is 0 Å². The predicted molar refractivity (Wildman–Crippen MR) is 83.6 cm³/mol.